The summed E-state index contributed by atoms with van der Waals surface area (Å²) >= 11 is 0. The number of hydrogen-bond acceptors (Lipinski definition) is 5. The van der Waals surface area contributed by atoms with Crippen LogP contribution in [-0.2, 0) is 16.0 Å². The van der Waals surface area contributed by atoms with Crippen molar-refractivity contribution in [2.75, 3.05) is 0 Å². The minimum absolute atomic E-state index is 0.0217. The average molecular weight is 475 g/mol. The highest BCUT2D eigenvalue weighted by molar-refractivity contribution is 5.69. The molecule has 0 heterocycles. The highest BCUT2D eigenvalue weighted by Crippen LogP contribution is 2.38. The monoisotopic (exact) mass is 474 g/mol. The molecule has 5 nitrogen and oxygen atoms in total. The normalized spacial score (nSPS) is 23.6. The first-order chi connectivity index (χ1) is 16.4. The Kier molecular flexibility index (Phi) is 13.5. The zero-order valence-corrected chi connectivity index (χ0v) is 21.1. The van der Waals surface area contributed by atoms with Gasteiger partial charge in [-0.1, -0.05) is 55.3 Å². The molecule has 3 unspecified atom stereocenters. The molecular formula is C29H46O5. The van der Waals surface area contributed by atoms with Crippen molar-refractivity contribution < 1.29 is 24.9 Å². The summed E-state index contributed by atoms with van der Waals surface area (Å²) in [4.78, 5) is 11.6. The van der Waals surface area contributed by atoms with Crippen LogP contribution in [-0.4, -0.2) is 45.7 Å². The van der Waals surface area contributed by atoms with E-state index in [2.05, 4.69) is 36.4 Å². The van der Waals surface area contributed by atoms with Gasteiger partial charge in [0.05, 0.1) is 24.4 Å². The van der Waals surface area contributed by atoms with Crippen LogP contribution in [0.5, 0.6) is 0 Å². The minimum atomic E-state index is -0.503. The van der Waals surface area contributed by atoms with Crippen LogP contribution in [0.15, 0.2) is 42.5 Å². The molecule has 0 amide bonds. The third kappa shape index (κ3) is 11.2. The first kappa shape index (κ1) is 28.5. The van der Waals surface area contributed by atoms with Crippen molar-refractivity contribution in [3.05, 3.63) is 48.0 Å². The van der Waals surface area contributed by atoms with E-state index in [-0.39, 0.29) is 30.0 Å². The number of aliphatic hydroxyl groups is 3. The summed E-state index contributed by atoms with van der Waals surface area (Å²) in [5.41, 5.74) is 1.37. The molecule has 192 valence electrons. The number of aryl methyl sites for hydroxylation is 1. The molecule has 1 aliphatic rings. The fourth-order valence-corrected chi connectivity index (χ4v) is 5.02. The number of rotatable bonds is 16. The van der Waals surface area contributed by atoms with Gasteiger partial charge in [0.1, 0.15) is 0 Å². The van der Waals surface area contributed by atoms with Crippen LogP contribution in [0.1, 0.15) is 90.0 Å². The van der Waals surface area contributed by atoms with E-state index in [9.17, 15) is 20.1 Å². The van der Waals surface area contributed by atoms with Crippen molar-refractivity contribution in [3.63, 3.8) is 0 Å². The minimum Gasteiger partial charge on any atom is -0.463 e. The molecule has 34 heavy (non-hydrogen) atoms. The van der Waals surface area contributed by atoms with Crippen molar-refractivity contribution in [2.24, 2.45) is 11.8 Å². The Morgan fingerprint density at radius 3 is 2.47 bits per heavy atom. The summed E-state index contributed by atoms with van der Waals surface area (Å²) in [5.74, 6) is -0.115. The summed E-state index contributed by atoms with van der Waals surface area (Å²) < 4.78 is 5.13. The molecule has 1 aliphatic carbocycles. The van der Waals surface area contributed by atoms with E-state index < -0.39 is 12.2 Å². The number of benzene rings is 1. The Hall–Kier alpha value is -1.69. The van der Waals surface area contributed by atoms with Crippen molar-refractivity contribution >= 4 is 5.97 Å². The van der Waals surface area contributed by atoms with Gasteiger partial charge in [-0.15, -0.1) is 0 Å². The van der Waals surface area contributed by atoms with Gasteiger partial charge in [0, 0.05) is 6.42 Å². The number of esters is 1. The quantitative estimate of drug-likeness (QED) is 0.171. The lowest BCUT2D eigenvalue weighted by molar-refractivity contribution is -0.147. The molecule has 0 spiro atoms. The number of carbonyl (C=O) groups is 1. The molecule has 1 fully saturated rings. The molecule has 2 rings (SSSR count). The maximum atomic E-state index is 11.6. The summed E-state index contributed by atoms with van der Waals surface area (Å²) in [7, 11) is 0. The van der Waals surface area contributed by atoms with Gasteiger partial charge in [-0.2, -0.15) is 0 Å². The van der Waals surface area contributed by atoms with Gasteiger partial charge < -0.3 is 20.1 Å². The standard InChI is InChI=1S/C29H46O5/c1-22(2)34-29(33)18-12-4-3-11-17-25-26(28(32)21-27(25)31)20-19-24(30)16-10-6-9-15-23-13-7-5-8-14-23/h3,5,7-8,11,13-14,22,24-28,30-32H,4,6,9-10,12,15-21H2,1-2H3/t24?,25-,26-,27?,28?/m1/s1. The number of ether oxygens (including phenoxy) is 1. The Bertz CT molecular complexity index is 702. The van der Waals surface area contributed by atoms with E-state index in [0.29, 0.717) is 19.3 Å². The fraction of sp³-hybridized carbons (Fsp3) is 0.690. The number of carbonyl (C=O) groups excluding carboxylic acids is 1. The lowest BCUT2D eigenvalue weighted by Gasteiger charge is -2.23. The number of hydrogen-bond donors (Lipinski definition) is 3. The van der Waals surface area contributed by atoms with Gasteiger partial charge in [0.15, 0.2) is 0 Å². The molecule has 5 atom stereocenters. The molecule has 1 aromatic carbocycles. The highest BCUT2D eigenvalue weighted by Gasteiger charge is 2.40. The van der Waals surface area contributed by atoms with Crippen LogP contribution in [0.2, 0.25) is 0 Å². The second-order valence-electron chi connectivity index (χ2n) is 10.2. The second-order valence-corrected chi connectivity index (χ2v) is 10.2. The third-order valence-electron chi connectivity index (χ3n) is 6.89. The second kappa shape index (κ2) is 16.1. The Morgan fingerprint density at radius 2 is 1.74 bits per heavy atom. The van der Waals surface area contributed by atoms with E-state index in [1.165, 1.54) is 5.56 Å². The molecule has 5 heteroatoms. The zero-order chi connectivity index (χ0) is 24.8. The summed E-state index contributed by atoms with van der Waals surface area (Å²) in [5, 5.41) is 31.3. The first-order valence-electron chi connectivity index (χ1n) is 13.3. The summed E-state index contributed by atoms with van der Waals surface area (Å²) in [6.07, 6.45) is 12.3. The Balaban J connectivity index is 1.62. The van der Waals surface area contributed by atoms with Crippen LogP contribution in [0.3, 0.4) is 0 Å². The smallest absolute Gasteiger partial charge is 0.306 e. The molecule has 1 saturated carbocycles. The number of unbranched alkanes of at least 4 members (excludes halogenated alkanes) is 3. The van der Waals surface area contributed by atoms with Crippen LogP contribution < -0.4 is 0 Å². The maximum absolute atomic E-state index is 11.6. The topological polar surface area (TPSA) is 87.0 Å². The van der Waals surface area contributed by atoms with Crippen LogP contribution in [0.4, 0.5) is 0 Å². The lowest BCUT2D eigenvalue weighted by Crippen LogP contribution is -2.23. The molecule has 0 aromatic heterocycles. The van der Waals surface area contributed by atoms with E-state index in [4.69, 9.17) is 4.74 Å². The average Bonchev–Trinajstić information content (AvgIpc) is 3.06. The van der Waals surface area contributed by atoms with Gasteiger partial charge in [-0.25, -0.2) is 0 Å². The summed E-state index contributed by atoms with van der Waals surface area (Å²) in [6.45, 7) is 3.70. The van der Waals surface area contributed by atoms with E-state index in [0.717, 1.165) is 57.8 Å². The van der Waals surface area contributed by atoms with Gasteiger partial charge in [-0.05, 0) is 89.0 Å². The highest BCUT2D eigenvalue weighted by atomic mass is 16.5. The Labute approximate surface area is 206 Å². The van der Waals surface area contributed by atoms with E-state index in [1.807, 2.05) is 19.9 Å². The van der Waals surface area contributed by atoms with Crippen LogP contribution in [0.25, 0.3) is 0 Å². The van der Waals surface area contributed by atoms with Crippen molar-refractivity contribution in [3.8, 4) is 0 Å². The van der Waals surface area contributed by atoms with E-state index in [1.54, 1.807) is 0 Å². The van der Waals surface area contributed by atoms with Gasteiger partial charge in [0.25, 0.3) is 0 Å². The molecule has 0 saturated heterocycles. The molecule has 1 aromatic rings. The molecular weight excluding hydrogens is 428 g/mol. The van der Waals surface area contributed by atoms with E-state index >= 15 is 0 Å². The van der Waals surface area contributed by atoms with Gasteiger partial charge >= 0.3 is 5.97 Å². The number of allylic oxidation sites excluding steroid dienone is 2. The largest absolute Gasteiger partial charge is 0.463 e. The van der Waals surface area contributed by atoms with Crippen molar-refractivity contribution in [2.45, 2.75) is 115 Å². The summed E-state index contributed by atoms with van der Waals surface area (Å²) in [6, 6.07) is 10.5. The van der Waals surface area contributed by atoms with Gasteiger partial charge in [0.2, 0.25) is 0 Å². The predicted molar refractivity (Wildman–Crippen MR) is 136 cm³/mol. The molecule has 0 bridgehead atoms. The molecule has 3 N–H and O–H groups in total. The number of aliphatic hydroxyl groups excluding tert-OH is 3. The van der Waals surface area contributed by atoms with Crippen LogP contribution in [0, 0.1) is 11.8 Å². The first-order valence-corrected chi connectivity index (χ1v) is 13.3. The van der Waals surface area contributed by atoms with Crippen molar-refractivity contribution in [1.29, 1.82) is 0 Å². The van der Waals surface area contributed by atoms with Gasteiger partial charge in [-0.3, -0.25) is 4.79 Å². The Morgan fingerprint density at radius 1 is 1.00 bits per heavy atom. The third-order valence-corrected chi connectivity index (χ3v) is 6.89. The SMILES string of the molecule is CC(C)OC(=O)CCCC=CC[C@H]1C(O)CC(O)[C@@H]1CCC(O)CCCCCc1ccccc1. The lowest BCUT2D eigenvalue weighted by atomic mass is 9.85. The molecule has 0 aliphatic heterocycles. The fourth-order valence-electron chi connectivity index (χ4n) is 5.02. The zero-order valence-electron chi connectivity index (χ0n) is 21.1. The van der Waals surface area contributed by atoms with Crippen LogP contribution >= 0.6 is 0 Å². The predicted octanol–water partition coefficient (Wildman–Crippen LogP) is 5.36. The molecule has 0 radical (unpaired) electrons. The maximum Gasteiger partial charge on any atom is 0.306 e. The van der Waals surface area contributed by atoms with Crippen molar-refractivity contribution in [1.82, 2.24) is 0 Å².